The van der Waals surface area contributed by atoms with Gasteiger partial charge in [-0.25, -0.2) is 0 Å². The van der Waals surface area contributed by atoms with Gasteiger partial charge in [0.05, 0.1) is 12.6 Å². The predicted octanol–water partition coefficient (Wildman–Crippen LogP) is -0.404. The summed E-state index contributed by atoms with van der Waals surface area (Å²) in [7, 11) is 0. The molecule has 0 aromatic rings. The molecule has 0 aliphatic rings. The summed E-state index contributed by atoms with van der Waals surface area (Å²) in [4.78, 5) is 46.9. The van der Waals surface area contributed by atoms with Crippen LogP contribution in [-0.4, -0.2) is 53.5 Å². The number of carboxylic acid groups (broad SMARTS) is 1. The van der Waals surface area contributed by atoms with Crippen LogP contribution in [0.2, 0.25) is 0 Å². The molecule has 0 aliphatic carbocycles. The molecule has 3 atom stereocenters. The van der Waals surface area contributed by atoms with Gasteiger partial charge in [-0.1, -0.05) is 27.7 Å². The summed E-state index contributed by atoms with van der Waals surface area (Å²) in [6, 6.07) is -2.65. The predicted molar refractivity (Wildman–Crippen MR) is 97.1 cm³/mol. The van der Waals surface area contributed by atoms with Crippen LogP contribution in [0.15, 0.2) is 0 Å². The van der Waals surface area contributed by atoms with E-state index in [0.29, 0.717) is 12.8 Å². The number of carbonyl (C=O) groups is 4. The number of amides is 3. The molecule has 0 radical (unpaired) electrons. The van der Waals surface area contributed by atoms with Gasteiger partial charge in [0.15, 0.2) is 0 Å². The zero-order valence-electron chi connectivity index (χ0n) is 16.2. The minimum absolute atomic E-state index is 0.0974. The third-order valence-electron chi connectivity index (χ3n) is 3.57. The largest absolute Gasteiger partial charge is 0.480 e. The van der Waals surface area contributed by atoms with Crippen molar-refractivity contribution < 1.29 is 24.3 Å². The highest BCUT2D eigenvalue weighted by Gasteiger charge is 2.25. The normalized spacial score (nSPS) is 14.5. The molecule has 0 aromatic carbocycles. The van der Waals surface area contributed by atoms with Gasteiger partial charge in [-0.3, -0.25) is 19.2 Å². The Balaban J connectivity index is 4.66. The summed E-state index contributed by atoms with van der Waals surface area (Å²) in [6.45, 7) is 8.66. The lowest BCUT2D eigenvalue weighted by Crippen LogP contribution is -2.53. The van der Waals surface area contributed by atoms with E-state index in [1.165, 1.54) is 6.92 Å². The van der Waals surface area contributed by atoms with E-state index >= 15 is 0 Å². The Labute approximate surface area is 154 Å². The smallest absolute Gasteiger partial charge is 0.325 e. The van der Waals surface area contributed by atoms with Gasteiger partial charge in [0.1, 0.15) is 12.1 Å². The SMILES string of the molecule is CC(C)CC(N)C(=O)NCC(=O)NC(CC(C)C)C(=O)NC(C)C(=O)O. The molecule has 26 heavy (non-hydrogen) atoms. The minimum Gasteiger partial charge on any atom is -0.480 e. The van der Waals surface area contributed by atoms with Crippen molar-refractivity contribution >= 4 is 23.7 Å². The highest BCUT2D eigenvalue weighted by atomic mass is 16.4. The quantitative estimate of drug-likeness (QED) is 0.333. The number of nitrogens with one attached hydrogen (secondary N) is 3. The third-order valence-corrected chi connectivity index (χ3v) is 3.57. The van der Waals surface area contributed by atoms with Crippen molar-refractivity contribution in [2.24, 2.45) is 17.6 Å². The number of hydrogen-bond donors (Lipinski definition) is 5. The second kappa shape index (κ2) is 11.5. The fourth-order valence-electron chi connectivity index (χ4n) is 2.24. The van der Waals surface area contributed by atoms with E-state index < -0.39 is 41.8 Å². The number of hydrogen-bond acceptors (Lipinski definition) is 5. The maximum Gasteiger partial charge on any atom is 0.325 e. The summed E-state index contributed by atoms with van der Waals surface area (Å²) in [5.74, 6) is -2.37. The number of carboxylic acids is 1. The number of carbonyl (C=O) groups excluding carboxylic acids is 3. The molecule has 0 spiro atoms. The Morgan fingerprint density at radius 1 is 0.885 bits per heavy atom. The lowest BCUT2D eigenvalue weighted by molar-refractivity contribution is -0.141. The van der Waals surface area contributed by atoms with E-state index in [2.05, 4.69) is 16.0 Å². The average molecular weight is 372 g/mol. The van der Waals surface area contributed by atoms with Gasteiger partial charge in [0.2, 0.25) is 17.7 Å². The average Bonchev–Trinajstić information content (AvgIpc) is 2.50. The second-order valence-electron chi connectivity index (χ2n) is 7.27. The molecular weight excluding hydrogens is 340 g/mol. The summed E-state index contributed by atoms with van der Waals surface area (Å²) in [5.41, 5.74) is 5.74. The monoisotopic (exact) mass is 372 g/mol. The number of nitrogens with two attached hydrogens (primary N) is 1. The molecule has 6 N–H and O–H groups in total. The first kappa shape index (κ1) is 23.8. The maximum atomic E-state index is 12.2. The molecule has 0 saturated heterocycles. The van der Waals surface area contributed by atoms with Crippen molar-refractivity contribution in [2.45, 2.75) is 65.6 Å². The molecule has 3 unspecified atom stereocenters. The summed E-state index contributed by atoms with van der Waals surface area (Å²) < 4.78 is 0. The molecule has 9 nitrogen and oxygen atoms in total. The Morgan fingerprint density at radius 2 is 1.42 bits per heavy atom. The van der Waals surface area contributed by atoms with E-state index in [0.717, 1.165) is 0 Å². The topological polar surface area (TPSA) is 151 Å². The zero-order valence-corrected chi connectivity index (χ0v) is 16.2. The van der Waals surface area contributed by atoms with Gasteiger partial charge < -0.3 is 26.8 Å². The van der Waals surface area contributed by atoms with Crippen molar-refractivity contribution in [3.05, 3.63) is 0 Å². The van der Waals surface area contributed by atoms with Crippen molar-refractivity contribution in [1.82, 2.24) is 16.0 Å². The van der Waals surface area contributed by atoms with Gasteiger partial charge >= 0.3 is 5.97 Å². The molecule has 0 bridgehead atoms. The van der Waals surface area contributed by atoms with E-state index in [-0.39, 0.29) is 18.4 Å². The Kier molecular flexibility index (Phi) is 10.5. The first-order valence-corrected chi connectivity index (χ1v) is 8.79. The highest BCUT2D eigenvalue weighted by Crippen LogP contribution is 2.06. The van der Waals surface area contributed by atoms with Crippen LogP contribution in [0.5, 0.6) is 0 Å². The van der Waals surface area contributed by atoms with Crippen LogP contribution in [0.1, 0.15) is 47.5 Å². The summed E-state index contributed by atoms with van der Waals surface area (Å²) >= 11 is 0. The van der Waals surface area contributed by atoms with E-state index in [4.69, 9.17) is 10.8 Å². The van der Waals surface area contributed by atoms with Crippen LogP contribution in [0, 0.1) is 11.8 Å². The first-order chi connectivity index (χ1) is 11.9. The zero-order chi connectivity index (χ0) is 20.4. The minimum atomic E-state index is -1.17. The van der Waals surface area contributed by atoms with Crippen molar-refractivity contribution in [3.8, 4) is 0 Å². The molecule has 3 amide bonds. The maximum absolute atomic E-state index is 12.2. The molecule has 0 aromatic heterocycles. The van der Waals surface area contributed by atoms with Gasteiger partial charge in [-0.15, -0.1) is 0 Å². The van der Waals surface area contributed by atoms with Crippen molar-refractivity contribution in [3.63, 3.8) is 0 Å². The van der Waals surface area contributed by atoms with Crippen LogP contribution in [-0.2, 0) is 19.2 Å². The van der Waals surface area contributed by atoms with Crippen molar-refractivity contribution in [2.75, 3.05) is 6.54 Å². The molecule has 0 fully saturated rings. The number of aliphatic carboxylic acids is 1. The second-order valence-corrected chi connectivity index (χ2v) is 7.27. The van der Waals surface area contributed by atoms with Gasteiger partial charge in [-0.05, 0) is 31.6 Å². The van der Waals surface area contributed by atoms with Gasteiger partial charge in [0, 0.05) is 0 Å². The Morgan fingerprint density at radius 3 is 1.88 bits per heavy atom. The standard InChI is InChI=1S/C17H32N4O5/c1-9(2)6-12(18)15(23)19-8-14(22)21-13(7-10(3)4)16(24)20-11(5)17(25)26/h9-13H,6-8,18H2,1-5H3,(H,19,23)(H,20,24)(H,21,22)(H,25,26). The lowest BCUT2D eigenvalue weighted by Gasteiger charge is -2.22. The van der Waals surface area contributed by atoms with Crippen LogP contribution >= 0.6 is 0 Å². The number of rotatable bonds is 11. The molecule has 0 heterocycles. The Bertz CT molecular complexity index is 507. The molecule has 0 rings (SSSR count). The molecular formula is C17H32N4O5. The molecule has 150 valence electrons. The van der Waals surface area contributed by atoms with E-state index in [1.807, 2.05) is 27.7 Å². The van der Waals surface area contributed by atoms with Crippen LogP contribution in [0.25, 0.3) is 0 Å². The lowest BCUT2D eigenvalue weighted by atomic mass is 10.0. The van der Waals surface area contributed by atoms with Crippen LogP contribution in [0.3, 0.4) is 0 Å². The van der Waals surface area contributed by atoms with Crippen LogP contribution in [0.4, 0.5) is 0 Å². The fraction of sp³-hybridized carbons (Fsp3) is 0.765. The van der Waals surface area contributed by atoms with Gasteiger partial charge in [0.25, 0.3) is 0 Å². The van der Waals surface area contributed by atoms with Crippen molar-refractivity contribution in [1.29, 1.82) is 0 Å². The summed E-state index contributed by atoms with van der Waals surface area (Å²) in [5, 5.41) is 16.2. The molecule has 0 aliphatic heterocycles. The van der Waals surface area contributed by atoms with E-state index in [1.54, 1.807) is 0 Å². The molecule has 9 heteroatoms. The third kappa shape index (κ3) is 9.97. The Hall–Kier alpha value is -2.16. The van der Waals surface area contributed by atoms with Gasteiger partial charge in [-0.2, -0.15) is 0 Å². The highest BCUT2D eigenvalue weighted by molar-refractivity contribution is 5.92. The van der Waals surface area contributed by atoms with E-state index in [9.17, 15) is 19.2 Å². The molecule has 0 saturated carbocycles. The fourth-order valence-corrected chi connectivity index (χ4v) is 2.24. The van der Waals surface area contributed by atoms with Crippen LogP contribution < -0.4 is 21.7 Å². The summed E-state index contributed by atoms with van der Waals surface area (Å²) in [6.07, 6.45) is 0.837. The first-order valence-electron chi connectivity index (χ1n) is 8.79.